The molecule has 0 bridgehead atoms. The molecule has 0 aliphatic carbocycles. The minimum atomic E-state index is -0.532. The van der Waals surface area contributed by atoms with Crippen LogP contribution in [0.5, 0.6) is 0 Å². The summed E-state index contributed by atoms with van der Waals surface area (Å²) in [5, 5.41) is 19.9. The monoisotopic (exact) mass is 515 g/mol. The lowest BCUT2D eigenvalue weighted by atomic mass is 10.1. The van der Waals surface area contributed by atoms with Gasteiger partial charge in [0.05, 0.1) is 6.10 Å². The lowest BCUT2D eigenvalue weighted by Gasteiger charge is -2.11. The predicted octanol–water partition coefficient (Wildman–Crippen LogP) is 4.68. The Labute approximate surface area is 217 Å². The number of carbonyl (C=O) groups is 1. The Hall–Kier alpha value is -4.54. The highest BCUT2D eigenvalue weighted by Crippen LogP contribution is 2.25. The number of halogens is 1. The minimum Gasteiger partial charge on any atom is -0.392 e. The average Bonchev–Trinajstić information content (AvgIpc) is 3.59. The van der Waals surface area contributed by atoms with E-state index in [1.807, 2.05) is 22.8 Å². The van der Waals surface area contributed by atoms with Crippen LogP contribution in [0.1, 0.15) is 17.4 Å². The standard InChI is InChI=1S/C26H22ClN7O3/c1-16(35)15-30-26-29-10-9-23(32-26)34-12-11-28-24(34)18-3-2-4-20(13-18)31-25(36)21-14-22(37-33-21)17-5-7-19(27)8-6-17/h2-14,16,35H,15H2,1H3,(H,31,36)(H,29,30,32)/t16-/m0/s1. The number of carbonyl (C=O) groups excluding carboxylic acids is 1. The summed E-state index contributed by atoms with van der Waals surface area (Å²) in [7, 11) is 0. The molecule has 5 rings (SSSR count). The molecule has 1 atom stereocenters. The number of amides is 1. The van der Waals surface area contributed by atoms with E-state index in [2.05, 4.69) is 30.7 Å². The fourth-order valence-electron chi connectivity index (χ4n) is 3.57. The van der Waals surface area contributed by atoms with Crippen molar-refractivity contribution >= 4 is 29.1 Å². The van der Waals surface area contributed by atoms with Crippen LogP contribution in [0.15, 0.2) is 83.8 Å². The van der Waals surface area contributed by atoms with E-state index < -0.39 is 12.0 Å². The Bertz CT molecular complexity index is 1530. The molecule has 3 aromatic heterocycles. The highest BCUT2D eigenvalue weighted by Gasteiger charge is 2.16. The molecule has 1 amide bonds. The zero-order chi connectivity index (χ0) is 25.8. The summed E-state index contributed by atoms with van der Waals surface area (Å²) in [6.45, 7) is 2.01. The average molecular weight is 516 g/mol. The fraction of sp³-hybridized carbons (Fsp3) is 0.115. The van der Waals surface area contributed by atoms with Gasteiger partial charge >= 0.3 is 0 Å². The number of imidazole rings is 1. The van der Waals surface area contributed by atoms with E-state index in [0.29, 0.717) is 40.6 Å². The number of anilines is 2. The van der Waals surface area contributed by atoms with Crippen molar-refractivity contribution in [3.05, 3.63) is 90.0 Å². The third-order valence-corrected chi connectivity index (χ3v) is 5.59. The van der Waals surface area contributed by atoms with Crippen LogP contribution >= 0.6 is 11.6 Å². The summed E-state index contributed by atoms with van der Waals surface area (Å²) >= 11 is 5.94. The van der Waals surface area contributed by atoms with Crippen molar-refractivity contribution in [2.75, 3.05) is 17.2 Å². The zero-order valence-electron chi connectivity index (χ0n) is 19.7. The summed E-state index contributed by atoms with van der Waals surface area (Å²) in [5.74, 6) is 1.67. The van der Waals surface area contributed by atoms with E-state index in [0.717, 1.165) is 11.1 Å². The number of aromatic nitrogens is 5. The quantitative estimate of drug-likeness (QED) is 0.271. The number of aliphatic hydroxyl groups excluding tert-OH is 1. The number of aliphatic hydroxyl groups is 1. The third kappa shape index (κ3) is 5.66. The van der Waals surface area contributed by atoms with Crippen LogP contribution in [-0.2, 0) is 0 Å². The molecule has 0 saturated heterocycles. The largest absolute Gasteiger partial charge is 0.392 e. The van der Waals surface area contributed by atoms with Gasteiger partial charge in [-0.25, -0.2) is 9.97 Å². The maximum Gasteiger partial charge on any atom is 0.277 e. The van der Waals surface area contributed by atoms with Crippen molar-refractivity contribution in [2.45, 2.75) is 13.0 Å². The Morgan fingerprint density at radius 3 is 2.73 bits per heavy atom. The van der Waals surface area contributed by atoms with Gasteiger partial charge in [0.1, 0.15) is 11.6 Å². The first-order valence-corrected chi connectivity index (χ1v) is 11.8. The molecule has 5 aromatic rings. The van der Waals surface area contributed by atoms with E-state index in [4.69, 9.17) is 16.1 Å². The van der Waals surface area contributed by atoms with Gasteiger partial charge in [0.2, 0.25) is 5.95 Å². The number of nitrogens with zero attached hydrogens (tertiary/aromatic N) is 5. The summed E-state index contributed by atoms with van der Waals surface area (Å²) < 4.78 is 7.15. The van der Waals surface area contributed by atoms with Crippen LogP contribution in [0.3, 0.4) is 0 Å². The second-order valence-corrected chi connectivity index (χ2v) is 8.64. The molecule has 0 aliphatic rings. The Morgan fingerprint density at radius 2 is 1.92 bits per heavy atom. The molecule has 0 fully saturated rings. The summed E-state index contributed by atoms with van der Waals surface area (Å²) in [5.41, 5.74) is 2.24. The molecule has 186 valence electrons. The third-order valence-electron chi connectivity index (χ3n) is 5.33. The van der Waals surface area contributed by atoms with E-state index >= 15 is 0 Å². The van der Waals surface area contributed by atoms with E-state index in [1.54, 1.807) is 68.0 Å². The molecule has 11 heteroatoms. The summed E-state index contributed by atoms with van der Waals surface area (Å²) in [6, 6.07) is 17.7. The van der Waals surface area contributed by atoms with Crippen LogP contribution in [0, 0.1) is 0 Å². The minimum absolute atomic E-state index is 0.148. The van der Waals surface area contributed by atoms with Crippen LogP contribution in [0.2, 0.25) is 5.02 Å². The highest BCUT2D eigenvalue weighted by atomic mass is 35.5. The van der Waals surface area contributed by atoms with Gasteiger partial charge in [0.25, 0.3) is 5.91 Å². The molecule has 0 unspecified atom stereocenters. The molecule has 0 aliphatic heterocycles. The topological polar surface area (TPSA) is 131 Å². The first kappa shape index (κ1) is 24.2. The van der Waals surface area contributed by atoms with Gasteiger partial charge in [0, 0.05) is 53.0 Å². The van der Waals surface area contributed by atoms with Crippen molar-refractivity contribution in [1.29, 1.82) is 0 Å². The molecule has 0 saturated carbocycles. The van der Waals surface area contributed by atoms with Gasteiger partial charge in [-0.05, 0) is 49.4 Å². The van der Waals surface area contributed by atoms with Crippen molar-refractivity contribution in [1.82, 2.24) is 24.7 Å². The van der Waals surface area contributed by atoms with E-state index in [1.165, 1.54) is 0 Å². The van der Waals surface area contributed by atoms with Crippen LogP contribution in [-0.4, -0.2) is 48.3 Å². The van der Waals surface area contributed by atoms with Crippen molar-refractivity contribution in [2.24, 2.45) is 0 Å². The summed E-state index contributed by atoms with van der Waals surface area (Å²) in [6.07, 6.45) is 4.55. The lowest BCUT2D eigenvalue weighted by Crippen LogP contribution is -2.17. The first-order valence-electron chi connectivity index (χ1n) is 11.4. The summed E-state index contributed by atoms with van der Waals surface area (Å²) in [4.78, 5) is 26.0. The first-order chi connectivity index (χ1) is 18.0. The Morgan fingerprint density at radius 1 is 1.08 bits per heavy atom. The van der Waals surface area contributed by atoms with Gasteiger partial charge in [-0.2, -0.15) is 4.98 Å². The number of nitrogens with one attached hydrogen (secondary N) is 2. The molecule has 10 nitrogen and oxygen atoms in total. The molecule has 0 spiro atoms. The van der Waals surface area contributed by atoms with Crippen molar-refractivity contribution in [3.8, 4) is 28.5 Å². The number of hydrogen-bond donors (Lipinski definition) is 3. The van der Waals surface area contributed by atoms with Crippen molar-refractivity contribution in [3.63, 3.8) is 0 Å². The zero-order valence-corrected chi connectivity index (χ0v) is 20.4. The van der Waals surface area contributed by atoms with Gasteiger partial charge in [-0.3, -0.25) is 9.36 Å². The number of rotatable bonds is 8. The predicted molar refractivity (Wildman–Crippen MR) is 140 cm³/mol. The van der Waals surface area contributed by atoms with Gasteiger partial charge in [-0.15, -0.1) is 0 Å². The Kier molecular flexibility index (Phi) is 6.93. The second kappa shape index (κ2) is 10.6. The fourth-order valence-corrected chi connectivity index (χ4v) is 3.70. The molecule has 3 N–H and O–H groups in total. The van der Waals surface area contributed by atoms with Gasteiger partial charge < -0.3 is 20.3 Å². The maximum atomic E-state index is 12.8. The van der Waals surface area contributed by atoms with Crippen LogP contribution in [0.4, 0.5) is 11.6 Å². The normalized spacial score (nSPS) is 11.8. The van der Waals surface area contributed by atoms with Gasteiger partial charge in [-0.1, -0.05) is 28.9 Å². The van der Waals surface area contributed by atoms with E-state index in [-0.39, 0.29) is 5.69 Å². The van der Waals surface area contributed by atoms with Crippen molar-refractivity contribution < 1.29 is 14.4 Å². The lowest BCUT2D eigenvalue weighted by molar-refractivity contribution is 0.101. The molecule has 3 heterocycles. The molecule has 37 heavy (non-hydrogen) atoms. The SMILES string of the molecule is C[C@H](O)CNc1nccc(-n2ccnc2-c2cccc(NC(=O)c3cc(-c4ccc(Cl)cc4)on3)c2)n1. The maximum absolute atomic E-state index is 12.8. The molecular weight excluding hydrogens is 494 g/mol. The molecule has 2 aromatic carbocycles. The number of hydrogen-bond acceptors (Lipinski definition) is 8. The number of benzene rings is 2. The van der Waals surface area contributed by atoms with Gasteiger partial charge in [0.15, 0.2) is 11.5 Å². The smallest absolute Gasteiger partial charge is 0.277 e. The molecule has 0 radical (unpaired) electrons. The van der Waals surface area contributed by atoms with E-state index in [9.17, 15) is 9.90 Å². The molecular formula is C26H22ClN7O3. The van der Waals surface area contributed by atoms with Crippen LogP contribution < -0.4 is 10.6 Å². The Balaban J connectivity index is 1.34. The second-order valence-electron chi connectivity index (χ2n) is 8.21. The highest BCUT2D eigenvalue weighted by molar-refractivity contribution is 6.30. The van der Waals surface area contributed by atoms with Crippen LogP contribution in [0.25, 0.3) is 28.5 Å².